The van der Waals surface area contributed by atoms with Gasteiger partial charge in [0.05, 0.1) is 6.42 Å². The van der Waals surface area contributed by atoms with E-state index in [2.05, 4.69) is 5.32 Å². The molecule has 0 heterocycles. The molecule has 2 rings (SSSR count). The number of halogens is 1. The Bertz CT molecular complexity index is 737. The lowest BCUT2D eigenvalue weighted by atomic mass is 10.1. The summed E-state index contributed by atoms with van der Waals surface area (Å²) in [6, 6.07) is 13.1. The van der Waals surface area contributed by atoms with Crippen molar-refractivity contribution in [1.29, 1.82) is 0 Å². The van der Waals surface area contributed by atoms with Crippen LogP contribution in [0, 0.1) is 13.8 Å². The number of hydrogen-bond acceptors (Lipinski definition) is 2. The maximum atomic E-state index is 12.1. The number of rotatable bonds is 6. The van der Waals surface area contributed by atoms with E-state index in [1.165, 1.54) is 0 Å². The maximum Gasteiger partial charge on any atom is 0.224 e. The van der Waals surface area contributed by atoms with Crippen LogP contribution < -0.4 is 10.2 Å². The van der Waals surface area contributed by atoms with Crippen molar-refractivity contribution >= 4 is 29.1 Å². The Morgan fingerprint density at radius 1 is 1.04 bits per heavy atom. The predicted octanol–water partition coefficient (Wildman–Crippen LogP) is 3.67. The summed E-state index contributed by atoms with van der Waals surface area (Å²) in [7, 11) is 0. The van der Waals surface area contributed by atoms with Crippen LogP contribution in [0.2, 0.25) is 5.02 Å². The van der Waals surface area contributed by atoms with Gasteiger partial charge >= 0.3 is 0 Å². The van der Waals surface area contributed by atoms with Gasteiger partial charge in [-0.3, -0.25) is 9.59 Å². The monoisotopic (exact) mass is 358 g/mol. The van der Waals surface area contributed by atoms with Crippen molar-refractivity contribution in [2.45, 2.75) is 27.2 Å². The zero-order valence-corrected chi connectivity index (χ0v) is 15.6. The molecule has 0 saturated carbocycles. The van der Waals surface area contributed by atoms with Crippen LogP contribution >= 0.6 is 11.6 Å². The number of carbonyl (C=O) groups is 2. The predicted molar refractivity (Wildman–Crippen MR) is 102 cm³/mol. The minimum atomic E-state index is -0.0765. The topological polar surface area (TPSA) is 49.4 Å². The van der Waals surface area contributed by atoms with Crippen LogP contribution in [0.5, 0.6) is 0 Å². The first-order chi connectivity index (χ1) is 11.9. The van der Waals surface area contributed by atoms with Crippen molar-refractivity contribution in [3.63, 3.8) is 0 Å². The summed E-state index contributed by atoms with van der Waals surface area (Å²) in [4.78, 5) is 25.8. The molecule has 2 aromatic carbocycles. The van der Waals surface area contributed by atoms with E-state index in [0.717, 1.165) is 22.4 Å². The van der Waals surface area contributed by atoms with Gasteiger partial charge in [-0.2, -0.15) is 0 Å². The first-order valence-corrected chi connectivity index (χ1v) is 8.61. The van der Waals surface area contributed by atoms with Gasteiger partial charge in [0, 0.05) is 30.7 Å². The zero-order valence-electron chi connectivity index (χ0n) is 14.8. The number of para-hydroxylation sites is 1. The Labute approximate surface area is 153 Å². The van der Waals surface area contributed by atoms with Crippen molar-refractivity contribution in [3.05, 3.63) is 64.2 Å². The van der Waals surface area contributed by atoms with E-state index in [1.807, 2.05) is 44.2 Å². The normalized spacial score (nSPS) is 10.4. The third-order valence-electron chi connectivity index (χ3n) is 4.03. The smallest absolute Gasteiger partial charge is 0.224 e. The number of nitrogens with one attached hydrogen (secondary N) is 1. The molecule has 0 bridgehead atoms. The first kappa shape index (κ1) is 19.0. The molecular weight excluding hydrogens is 336 g/mol. The fraction of sp³-hybridized carbons (Fsp3) is 0.300. The van der Waals surface area contributed by atoms with Crippen LogP contribution in [0.15, 0.2) is 42.5 Å². The fourth-order valence-electron chi connectivity index (χ4n) is 2.82. The highest BCUT2D eigenvalue weighted by molar-refractivity contribution is 6.30. The molecule has 4 nitrogen and oxygen atoms in total. The number of hydrogen-bond donors (Lipinski definition) is 1. The molecule has 1 N–H and O–H groups in total. The third kappa shape index (κ3) is 5.33. The Morgan fingerprint density at radius 3 is 2.20 bits per heavy atom. The second kappa shape index (κ2) is 8.67. The number of anilines is 1. The number of aryl methyl sites for hydroxylation is 2. The molecule has 0 aliphatic heterocycles. The molecule has 0 aliphatic rings. The summed E-state index contributed by atoms with van der Waals surface area (Å²) in [5, 5.41) is 3.52. The molecule has 0 radical (unpaired) electrons. The molecule has 25 heavy (non-hydrogen) atoms. The van der Waals surface area contributed by atoms with Crippen LogP contribution in [0.25, 0.3) is 0 Å². The van der Waals surface area contributed by atoms with Crippen LogP contribution in [0.4, 0.5) is 5.69 Å². The molecule has 2 aromatic rings. The van der Waals surface area contributed by atoms with E-state index >= 15 is 0 Å². The number of nitrogens with zero attached hydrogens (tertiary/aromatic N) is 1. The van der Waals surface area contributed by atoms with Crippen molar-refractivity contribution in [2.75, 3.05) is 18.0 Å². The van der Waals surface area contributed by atoms with Crippen LogP contribution in [-0.4, -0.2) is 24.9 Å². The SMILES string of the molecule is CC(=O)N(CCNC(=O)Cc1ccc(Cl)cc1)c1c(C)cccc1C. The lowest BCUT2D eigenvalue weighted by molar-refractivity contribution is -0.121. The van der Waals surface area contributed by atoms with Crippen molar-refractivity contribution in [2.24, 2.45) is 0 Å². The van der Waals surface area contributed by atoms with Crippen LogP contribution in [-0.2, 0) is 16.0 Å². The highest BCUT2D eigenvalue weighted by Gasteiger charge is 2.16. The van der Waals surface area contributed by atoms with Gasteiger partial charge in [-0.15, -0.1) is 0 Å². The summed E-state index contributed by atoms with van der Waals surface area (Å²) in [5.41, 5.74) is 3.91. The van der Waals surface area contributed by atoms with Gasteiger partial charge < -0.3 is 10.2 Å². The van der Waals surface area contributed by atoms with E-state index < -0.39 is 0 Å². The van der Waals surface area contributed by atoms with E-state index in [0.29, 0.717) is 24.5 Å². The largest absolute Gasteiger partial charge is 0.354 e. The summed E-state index contributed by atoms with van der Waals surface area (Å²) in [5.74, 6) is -0.114. The molecule has 0 atom stereocenters. The molecule has 0 fully saturated rings. The quantitative estimate of drug-likeness (QED) is 0.856. The average molecular weight is 359 g/mol. The lowest BCUT2D eigenvalue weighted by Crippen LogP contribution is -2.38. The zero-order chi connectivity index (χ0) is 18.4. The van der Waals surface area contributed by atoms with E-state index in [9.17, 15) is 9.59 Å². The minimum absolute atomic E-state index is 0.0376. The molecule has 0 aliphatic carbocycles. The fourth-order valence-corrected chi connectivity index (χ4v) is 2.94. The van der Waals surface area contributed by atoms with Crippen molar-refractivity contribution in [3.8, 4) is 0 Å². The summed E-state index contributed by atoms with van der Waals surface area (Å²) in [6.07, 6.45) is 0.292. The van der Waals surface area contributed by atoms with E-state index in [4.69, 9.17) is 11.6 Å². The van der Waals surface area contributed by atoms with Crippen molar-refractivity contribution < 1.29 is 9.59 Å². The molecule has 0 saturated heterocycles. The Kier molecular flexibility index (Phi) is 6.59. The summed E-state index contributed by atoms with van der Waals surface area (Å²) in [6.45, 7) is 6.35. The molecular formula is C20H23ClN2O2. The van der Waals surface area contributed by atoms with E-state index in [1.54, 1.807) is 24.0 Å². The lowest BCUT2D eigenvalue weighted by Gasteiger charge is -2.25. The molecule has 5 heteroatoms. The summed E-state index contributed by atoms with van der Waals surface area (Å²) < 4.78 is 0. The van der Waals surface area contributed by atoms with E-state index in [-0.39, 0.29) is 11.8 Å². The van der Waals surface area contributed by atoms with Crippen molar-refractivity contribution in [1.82, 2.24) is 5.32 Å². The second-order valence-electron chi connectivity index (χ2n) is 6.06. The van der Waals surface area contributed by atoms with Gasteiger partial charge in [0.2, 0.25) is 11.8 Å². The van der Waals surface area contributed by atoms with Crippen LogP contribution in [0.1, 0.15) is 23.6 Å². The van der Waals surface area contributed by atoms with Gasteiger partial charge in [-0.05, 0) is 42.7 Å². The summed E-state index contributed by atoms with van der Waals surface area (Å²) >= 11 is 5.84. The number of carbonyl (C=O) groups excluding carboxylic acids is 2. The van der Waals surface area contributed by atoms with Crippen LogP contribution in [0.3, 0.4) is 0 Å². The first-order valence-electron chi connectivity index (χ1n) is 8.24. The second-order valence-corrected chi connectivity index (χ2v) is 6.50. The third-order valence-corrected chi connectivity index (χ3v) is 4.28. The molecule has 0 spiro atoms. The maximum absolute atomic E-state index is 12.1. The van der Waals surface area contributed by atoms with Gasteiger partial charge in [-0.1, -0.05) is 41.9 Å². The van der Waals surface area contributed by atoms with Gasteiger partial charge in [0.25, 0.3) is 0 Å². The number of amides is 2. The Hall–Kier alpha value is -2.33. The minimum Gasteiger partial charge on any atom is -0.354 e. The van der Waals surface area contributed by atoms with Gasteiger partial charge in [-0.25, -0.2) is 0 Å². The Morgan fingerprint density at radius 2 is 1.64 bits per heavy atom. The molecule has 0 aromatic heterocycles. The molecule has 0 unspecified atom stereocenters. The average Bonchev–Trinajstić information content (AvgIpc) is 2.55. The highest BCUT2D eigenvalue weighted by atomic mass is 35.5. The molecule has 2 amide bonds. The molecule has 132 valence electrons. The van der Waals surface area contributed by atoms with Gasteiger partial charge in [0.15, 0.2) is 0 Å². The van der Waals surface area contributed by atoms with Gasteiger partial charge in [0.1, 0.15) is 0 Å². The standard InChI is InChI=1S/C20H23ClN2O2/c1-14-5-4-6-15(2)20(14)23(16(3)24)12-11-22-19(25)13-17-7-9-18(21)10-8-17/h4-10H,11-13H2,1-3H3,(H,22,25). The highest BCUT2D eigenvalue weighted by Crippen LogP contribution is 2.24. The Balaban J connectivity index is 1.94. The number of benzene rings is 2.